The molecular formula is C18H30N2O. The molecule has 0 aromatic heterocycles. The normalized spacial score (nSPS) is 21.4. The Morgan fingerprint density at radius 1 is 1.38 bits per heavy atom. The van der Waals surface area contributed by atoms with Crippen molar-refractivity contribution >= 4 is 0 Å². The number of hydrogen-bond donors (Lipinski definition) is 1. The number of piperidine rings is 1. The Morgan fingerprint density at radius 2 is 2.19 bits per heavy atom. The molecule has 1 aromatic carbocycles. The van der Waals surface area contributed by atoms with E-state index < -0.39 is 0 Å². The molecule has 0 aliphatic carbocycles. The standard InChI is InChI=1S/C18H30N2O/c1-14-7-8-15(2)17(10-14)18(19-3)12-20-9-5-6-16(11-20)13-21-4/h7-8,10,16,18-19H,5-6,9,11-13H2,1-4H3. The van der Waals surface area contributed by atoms with Gasteiger partial charge in [0, 0.05) is 26.2 Å². The molecule has 1 heterocycles. The van der Waals surface area contributed by atoms with E-state index in [0.717, 1.165) is 19.7 Å². The lowest BCUT2D eigenvalue weighted by molar-refractivity contribution is 0.0861. The van der Waals surface area contributed by atoms with Crippen LogP contribution in [0.3, 0.4) is 0 Å². The summed E-state index contributed by atoms with van der Waals surface area (Å²) in [6.45, 7) is 8.74. The third kappa shape index (κ3) is 4.53. The van der Waals surface area contributed by atoms with Crippen LogP contribution in [0.25, 0.3) is 0 Å². The maximum absolute atomic E-state index is 5.34. The van der Waals surface area contributed by atoms with Gasteiger partial charge in [-0.05, 0) is 57.3 Å². The van der Waals surface area contributed by atoms with Crippen LogP contribution >= 0.6 is 0 Å². The van der Waals surface area contributed by atoms with Gasteiger partial charge in [0.25, 0.3) is 0 Å². The van der Waals surface area contributed by atoms with Gasteiger partial charge in [-0.3, -0.25) is 0 Å². The number of nitrogens with zero attached hydrogens (tertiary/aromatic N) is 1. The minimum Gasteiger partial charge on any atom is -0.384 e. The molecule has 3 nitrogen and oxygen atoms in total. The minimum atomic E-state index is 0.409. The molecule has 0 radical (unpaired) electrons. The van der Waals surface area contributed by atoms with Crippen molar-refractivity contribution in [2.24, 2.45) is 5.92 Å². The number of likely N-dealkylation sites (tertiary alicyclic amines) is 1. The van der Waals surface area contributed by atoms with Gasteiger partial charge in [0.15, 0.2) is 0 Å². The first-order valence-corrected chi connectivity index (χ1v) is 8.09. The van der Waals surface area contributed by atoms with Crippen molar-refractivity contribution in [3.63, 3.8) is 0 Å². The number of rotatable bonds is 6. The van der Waals surface area contributed by atoms with Crippen molar-refractivity contribution in [2.75, 3.05) is 40.4 Å². The van der Waals surface area contributed by atoms with Gasteiger partial charge in [0.2, 0.25) is 0 Å². The molecule has 118 valence electrons. The topological polar surface area (TPSA) is 24.5 Å². The second-order valence-electron chi connectivity index (χ2n) is 6.42. The fourth-order valence-electron chi connectivity index (χ4n) is 3.43. The SMILES string of the molecule is CNC(CN1CCCC(COC)C1)c1cc(C)ccc1C. The van der Waals surface area contributed by atoms with Gasteiger partial charge >= 0.3 is 0 Å². The van der Waals surface area contributed by atoms with E-state index in [1.165, 1.54) is 36.1 Å². The van der Waals surface area contributed by atoms with Gasteiger partial charge in [0.1, 0.15) is 0 Å². The number of nitrogens with one attached hydrogen (secondary N) is 1. The first-order valence-electron chi connectivity index (χ1n) is 8.09. The van der Waals surface area contributed by atoms with E-state index in [2.05, 4.69) is 49.3 Å². The molecule has 2 rings (SSSR count). The zero-order valence-electron chi connectivity index (χ0n) is 14.0. The maximum atomic E-state index is 5.34. The number of benzene rings is 1. The van der Waals surface area contributed by atoms with E-state index in [9.17, 15) is 0 Å². The van der Waals surface area contributed by atoms with Crippen LogP contribution in [-0.2, 0) is 4.74 Å². The van der Waals surface area contributed by atoms with E-state index in [1.807, 2.05) is 7.11 Å². The Kier molecular flexibility index (Phi) is 6.22. The van der Waals surface area contributed by atoms with Crippen LogP contribution in [0, 0.1) is 19.8 Å². The molecule has 1 aliphatic rings. The molecule has 0 saturated carbocycles. The van der Waals surface area contributed by atoms with Crippen LogP contribution < -0.4 is 5.32 Å². The predicted molar refractivity (Wildman–Crippen MR) is 88.8 cm³/mol. The van der Waals surface area contributed by atoms with E-state index in [0.29, 0.717) is 12.0 Å². The van der Waals surface area contributed by atoms with Crippen molar-refractivity contribution < 1.29 is 4.74 Å². The molecular weight excluding hydrogens is 260 g/mol. The molecule has 21 heavy (non-hydrogen) atoms. The maximum Gasteiger partial charge on any atom is 0.0502 e. The van der Waals surface area contributed by atoms with Crippen LogP contribution in [0.5, 0.6) is 0 Å². The fraction of sp³-hybridized carbons (Fsp3) is 0.667. The lowest BCUT2D eigenvalue weighted by Gasteiger charge is -2.35. The molecule has 1 fully saturated rings. The van der Waals surface area contributed by atoms with E-state index in [-0.39, 0.29) is 0 Å². The van der Waals surface area contributed by atoms with Crippen LogP contribution in [0.15, 0.2) is 18.2 Å². The van der Waals surface area contributed by atoms with E-state index in [1.54, 1.807) is 0 Å². The molecule has 1 aliphatic heterocycles. The number of likely N-dealkylation sites (N-methyl/N-ethyl adjacent to an activating group) is 1. The molecule has 2 atom stereocenters. The highest BCUT2D eigenvalue weighted by Gasteiger charge is 2.23. The van der Waals surface area contributed by atoms with Gasteiger partial charge in [-0.25, -0.2) is 0 Å². The lowest BCUT2D eigenvalue weighted by Crippen LogP contribution is -2.41. The number of aryl methyl sites for hydroxylation is 2. The van der Waals surface area contributed by atoms with Crippen molar-refractivity contribution in [2.45, 2.75) is 32.7 Å². The smallest absolute Gasteiger partial charge is 0.0502 e. The Balaban J connectivity index is 2.03. The van der Waals surface area contributed by atoms with Gasteiger partial charge < -0.3 is 15.0 Å². The van der Waals surface area contributed by atoms with Crippen LogP contribution in [0.4, 0.5) is 0 Å². The largest absolute Gasteiger partial charge is 0.384 e. The van der Waals surface area contributed by atoms with Gasteiger partial charge in [0.05, 0.1) is 6.61 Å². The summed E-state index contributed by atoms with van der Waals surface area (Å²) in [5.41, 5.74) is 4.16. The number of methoxy groups -OCH3 is 1. The van der Waals surface area contributed by atoms with E-state index >= 15 is 0 Å². The molecule has 0 bridgehead atoms. The monoisotopic (exact) mass is 290 g/mol. The van der Waals surface area contributed by atoms with E-state index in [4.69, 9.17) is 4.74 Å². The third-order valence-corrected chi connectivity index (χ3v) is 4.60. The number of ether oxygens (including phenoxy) is 1. The summed E-state index contributed by atoms with van der Waals surface area (Å²) >= 11 is 0. The summed E-state index contributed by atoms with van der Waals surface area (Å²) < 4.78 is 5.34. The van der Waals surface area contributed by atoms with Gasteiger partial charge in [-0.2, -0.15) is 0 Å². The van der Waals surface area contributed by atoms with Crippen molar-refractivity contribution in [3.05, 3.63) is 34.9 Å². The molecule has 1 aromatic rings. The Hall–Kier alpha value is -0.900. The summed E-state index contributed by atoms with van der Waals surface area (Å²) in [5.74, 6) is 0.694. The first kappa shape index (κ1) is 16.5. The third-order valence-electron chi connectivity index (χ3n) is 4.60. The van der Waals surface area contributed by atoms with Crippen molar-refractivity contribution in [3.8, 4) is 0 Å². The van der Waals surface area contributed by atoms with Crippen LogP contribution in [0.2, 0.25) is 0 Å². The predicted octanol–water partition coefficient (Wildman–Crippen LogP) is 2.92. The second kappa shape index (κ2) is 7.92. The average molecular weight is 290 g/mol. The molecule has 0 spiro atoms. The van der Waals surface area contributed by atoms with Crippen molar-refractivity contribution in [1.29, 1.82) is 0 Å². The molecule has 3 heteroatoms. The summed E-state index contributed by atoms with van der Waals surface area (Å²) in [7, 11) is 3.88. The summed E-state index contributed by atoms with van der Waals surface area (Å²) in [6, 6.07) is 7.17. The highest BCUT2D eigenvalue weighted by molar-refractivity contribution is 5.33. The summed E-state index contributed by atoms with van der Waals surface area (Å²) in [6.07, 6.45) is 2.59. The quantitative estimate of drug-likeness (QED) is 0.872. The minimum absolute atomic E-state index is 0.409. The van der Waals surface area contributed by atoms with Crippen LogP contribution in [0.1, 0.15) is 35.6 Å². The fourth-order valence-corrected chi connectivity index (χ4v) is 3.43. The molecule has 2 unspecified atom stereocenters. The van der Waals surface area contributed by atoms with Gasteiger partial charge in [-0.1, -0.05) is 23.8 Å². The zero-order chi connectivity index (χ0) is 15.2. The first-order chi connectivity index (χ1) is 10.1. The Bertz CT molecular complexity index is 445. The average Bonchev–Trinajstić information content (AvgIpc) is 2.48. The molecule has 1 N–H and O–H groups in total. The van der Waals surface area contributed by atoms with Crippen LogP contribution in [-0.4, -0.2) is 45.3 Å². The molecule has 0 amide bonds. The summed E-state index contributed by atoms with van der Waals surface area (Å²) in [4.78, 5) is 2.59. The second-order valence-corrected chi connectivity index (χ2v) is 6.42. The van der Waals surface area contributed by atoms with Crippen molar-refractivity contribution in [1.82, 2.24) is 10.2 Å². The number of hydrogen-bond acceptors (Lipinski definition) is 3. The molecule has 1 saturated heterocycles. The Morgan fingerprint density at radius 3 is 2.90 bits per heavy atom. The highest BCUT2D eigenvalue weighted by atomic mass is 16.5. The Labute approximate surface area is 129 Å². The van der Waals surface area contributed by atoms with Gasteiger partial charge in [-0.15, -0.1) is 0 Å². The zero-order valence-corrected chi connectivity index (χ0v) is 14.0. The highest BCUT2D eigenvalue weighted by Crippen LogP contribution is 2.23. The lowest BCUT2D eigenvalue weighted by atomic mass is 9.95. The summed E-state index contributed by atoms with van der Waals surface area (Å²) in [5, 5.41) is 3.51.